The van der Waals surface area contributed by atoms with Crippen molar-refractivity contribution in [2.24, 2.45) is 16.5 Å². The fourth-order valence-electron chi connectivity index (χ4n) is 2.47. The minimum absolute atomic E-state index is 0.271. The van der Waals surface area contributed by atoms with Crippen LogP contribution in [0.5, 0.6) is 5.75 Å². The Balaban J connectivity index is 2.20. The minimum atomic E-state index is -1.05. The summed E-state index contributed by atoms with van der Waals surface area (Å²) in [6, 6.07) is 11.4. The number of pyridine rings is 1. The fourth-order valence-corrected chi connectivity index (χ4v) is 2.47. The van der Waals surface area contributed by atoms with Crippen LogP contribution in [0, 0.1) is 0 Å². The summed E-state index contributed by atoms with van der Waals surface area (Å²) >= 11 is 0. The number of nitrogens with two attached hydrogens (primary N) is 2. The van der Waals surface area contributed by atoms with E-state index < -0.39 is 5.66 Å². The third-order valence-electron chi connectivity index (χ3n) is 3.48. The summed E-state index contributed by atoms with van der Waals surface area (Å²) in [6.07, 6.45) is 5.17. The maximum absolute atomic E-state index is 6.44. The van der Waals surface area contributed by atoms with Gasteiger partial charge in [-0.15, -0.1) is 0 Å². The monoisotopic (exact) mass is 295 g/mol. The van der Waals surface area contributed by atoms with Gasteiger partial charge in [0.25, 0.3) is 0 Å². The summed E-state index contributed by atoms with van der Waals surface area (Å²) in [5.74, 6) is 0.946. The number of hydrogen-bond acceptors (Lipinski definition) is 6. The van der Waals surface area contributed by atoms with Crippen molar-refractivity contribution in [3.63, 3.8) is 0 Å². The fraction of sp³-hybridized carbons (Fsp3) is 0.125. The molecular formula is C16H17N5O. The molecule has 0 amide bonds. The Bertz CT molecular complexity index is 756. The predicted octanol–water partition coefficient (Wildman–Crippen LogP) is 1.30. The Morgan fingerprint density at radius 2 is 2.00 bits per heavy atom. The normalized spacial score (nSPS) is 20.2. The lowest BCUT2D eigenvalue weighted by Gasteiger charge is -2.27. The van der Waals surface area contributed by atoms with E-state index in [4.69, 9.17) is 16.2 Å². The van der Waals surface area contributed by atoms with Gasteiger partial charge in [-0.1, -0.05) is 24.3 Å². The molecule has 112 valence electrons. The summed E-state index contributed by atoms with van der Waals surface area (Å²) < 4.78 is 5.40. The zero-order valence-electron chi connectivity index (χ0n) is 12.2. The van der Waals surface area contributed by atoms with Crippen LogP contribution < -0.4 is 21.5 Å². The number of hydrogen-bond donors (Lipinski definition) is 3. The van der Waals surface area contributed by atoms with Crippen molar-refractivity contribution >= 4 is 5.96 Å². The highest BCUT2D eigenvalue weighted by Crippen LogP contribution is 2.35. The van der Waals surface area contributed by atoms with Crippen LogP contribution in [0.3, 0.4) is 0 Å². The molecule has 1 aliphatic heterocycles. The van der Waals surface area contributed by atoms with Crippen LogP contribution in [-0.4, -0.2) is 18.1 Å². The molecule has 1 aliphatic rings. The van der Waals surface area contributed by atoms with Crippen LogP contribution in [0.15, 0.2) is 59.9 Å². The van der Waals surface area contributed by atoms with Crippen LogP contribution in [-0.2, 0) is 5.66 Å². The molecule has 2 heterocycles. The Kier molecular flexibility index (Phi) is 3.52. The number of rotatable bonds is 3. The van der Waals surface area contributed by atoms with E-state index in [0.717, 1.165) is 11.1 Å². The molecule has 5 N–H and O–H groups in total. The van der Waals surface area contributed by atoms with Gasteiger partial charge >= 0.3 is 0 Å². The highest BCUT2D eigenvalue weighted by molar-refractivity contribution is 5.81. The van der Waals surface area contributed by atoms with Gasteiger partial charge in [0.2, 0.25) is 0 Å². The molecule has 0 fully saturated rings. The van der Waals surface area contributed by atoms with Crippen LogP contribution in [0.2, 0.25) is 0 Å². The average Bonchev–Trinajstić information content (AvgIpc) is 2.54. The molecule has 6 nitrogen and oxygen atoms in total. The Labute approximate surface area is 128 Å². The van der Waals surface area contributed by atoms with Crippen LogP contribution in [0.4, 0.5) is 0 Å². The molecule has 0 radical (unpaired) electrons. The van der Waals surface area contributed by atoms with E-state index in [1.54, 1.807) is 25.6 Å². The van der Waals surface area contributed by atoms with Crippen LogP contribution >= 0.6 is 0 Å². The topological polar surface area (TPSA) is 98.5 Å². The lowest BCUT2D eigenvalue weighted by molar-refractivity contribution is 0.414. The number of nitrogens with zero attached hydrogens (tertiary/aromatic N) is 2. The predicted molar refractivity (Wildman–Crippen MR) is 86.0 cm³/mol. The maximum atomic E-state index is 6.44. The Morgan fingerprint density at radius 1 is 1.18 bits per heavy atom. The molecule has 1 unspecified atom stereocenters. The summed E-state index contributed by atoms with van der Waals surface area (Å²) in [5, 5.41) is 2.82. The second kappa shape index (κ2) is 5.50. The molecule has 3 rings (SSSR count). The van der Waals surface area contributed by atoms with Gasteiger partial charge < -0.3 is 15.8 Å². The van der Waals surface area contributed by atoms with Crippen LogP contribution in [0.1, 0.15) is 5.56 Å². The molecule has 0 bridgehead atoms. The van der Waals surface area contributed by atoms with Gasteiger partial charge in [-0.3, -0.25) is 10.7 Å². The Hall–Kier alpha value is -2.86. The molecular weight excluding hydrogens is 278 g/mol. The van der Waals surface area contributed by atoms with E-state index in [0.29, 0.717) is 11.4 Å². The summed E-state index contributed by atoms with van der Waals surface area (Å²) in [5.41, 5.74) is 13.5. The molecule has 0 saturated heterocycles. The number of methoxy groups -OCH3 is 1. The first-order valence-corrected chi connectivity index (χ1v) is 6.81. The molecule has 1 aromatic heterocycles. The van der Waals surface area contributed by atoms with Crippen molar-refractivity contribution < 1.29 is 4.74 Å². The highest BCUT2D eigenvalue weighted by Gasteiger charge is 2.29. The van der Waals surface area contributed by atoms with Crippen molar-refractivity contribution in [1.29, 1.82) is 0 Å². The van der Waals surface area contributed by atoms with Gasteiger partial charge in [0.1, 0.15) is 11.4 Å². The SMILES string of the molecule is COc1cccnc1-c1ccccc1C1(N)C=CNC(N)=N1. The lowest BCUT2D eigenvalue weighted by Crippen LogP contribution is -2.42. The maximum Gasteiger partial charge on any atom is 0.195 e. The van der Waals surface area contributed by atoms with Crippen molar-refractivity contribution in [2.45, 2.75) is 5.66 Å². The first-order valence-electron chi connectivity index (χ1n) is 6.81. The van der Waals surface area contributed by atoms with Gasteiger partial charge in [0.05, 0.1) is 7.11 Å². The number of ether oxygens (including phenoxy) is 1. The second-order valence-electron chi connectivity index (χ2n) is 4.90. The molecule has 1 atom stereocenters. The first-order chi connectivity index (χ1) is 10.6. The highest BCUT2D eigenvalue weighted by atomic mass is 16.5. The third kappa shape index (κ3) is 2.40. The molecule has 1 aromatic carbocycles. The Morgan fingerprint density at radius 3 is 2.77 bits per heavy atom. The first kappa shape index (κ1) is 14.1. The number of benzene rings is 1. The van der Waals surface area contributed by atoms with E-state index in [1.165, 1.54) is 0 Å². The number of aliphatic imine (C=N–C) groups is 1. The van der Waals surface area contributed by atoms with Gasteiger partial charge in [-0.05, 0) is 18.2 Å². The summed E-state index contributed by atoms with van der Waals surface area (Å²) in [7, 11) is 1.61. The van der Waals surface area contributed by atoms with E-state index in [1.807, 2.05) is 36.4 Å². The van der Waals surface area contributed by atoms with Crippen molar-refractivity contribution in [1.82, 2.24) is 10.3 Å². The molecule has 0 aliphatic carbocycles. The molecule has 22 heavy (non-hydrogen) atoms. The number of aromatic nitrogens is 1. The minimum Gasteiger partial charge on any atom is -0.494 e. The number of nitrogens with one attached hydrogen (secondary N) is 1. The summed E-state index contributed by atoms with van der Waals surface area (Å²) in [6.45, 7) is 0. The molecule has 6 heteroatoms. The molecule has 0 spiro atoms. The standard InChI is InChI=1S/C16H17N5O/c1-22-13-7-4-9-19-14(13)11-5-2-3-6-12(11)16(18)8-10-20-15(17)21-16/h2-10H,18H2,1H3,(H3,17,20,21). The lowest BCUT2D eigenvalue weighted by atomic mass is 9.92. The van der Waals surface area contributed by atoms with Crippen molar-refractivity contribution in [3.8, 4) is 17.0 Å². The van der Waals surface area contributed by atoms with Gasteiger partial charge in [-0.2, -0.15) is 0 Å². The molecule has 0 saturated carbocycles. The van der Waals surface area contributed by atoms with E-state index in [-0.39, 0.29) is 5.96 Å². The largest absolute Gasteiger partial charge is 0.494 e. The number of guanidine groups is 1. The second-order valence-corrected chi connectivity index (χ2v) is 4.90. The van der Waals surface area contributed by atoms with E-state index in [9.17, 15) is 0 Å². The smallest absolute Gasteiger partial charge is 0.195 e. The van der Waals surface area contributed by atoms with Crippen LogP contribution in [0.25, 0.3) is 11.3 Å². The van der Waals surface area contributed by atoms with Gasteiger partial charge in [-0.25, -0.2) is 4.99 Å². The average molecular weight is 295 g/mol. The van der Waals surface area contributed by atoms with E-state index >= 15 is 0 Å². The van der Waals surface area contributed by atoms with Crippen molar-refractivity contribution in [3.05, 3.63) is 60.4 Å². The van der Waals surface area contributed by atoms with Gasteiger partial charge in [0, 0.05) is 23.5 Å². The zero-order chi connectivity index (χ0) is 15.6. The van der Waals surface area contributed by atoms with E-state index in [2.05, 4.69) is 15.3 Å². The molecule has 2 aromatic rings. The van der Waals surface area contributed by atoms with Crippen molar-refractivity contribution in [2.75, 3.05) is 7.11 Å². The third-order valence-corrected chi connectivity index (χ3v) is 3.48. The quantitative estimate of drug-likeness (QED) is 0.792. The van der Waals surface area contributed by atoms with Gasteiger partial charge in [0.15, 0.2) is 11.6 Å². The zero-order valence-corrected chi connectivity index (χ0v) is 12.2. The summed E-state index contributed by atoms with van der Waals surface area (Å²) in [4.78, 5) is 8.76.